The van der Waals surface area contributed by atoms with E-state index in [0.717, 1.165) is 5.56 Å². The number of carbonyl (C=O) groups is 2. The van der Waals surface area contributed by atoms with Gasteiger partial charge in [-0.2, -0.15) is 0 Å². The molecule has 1 aromatic carbocycles. The van der Waals surface area contributed by atoms with E-state index in [1.54, 1.807) is 4.90 Å². The third-order valence-corrected chi connectivity index (χ3v) is 3.80. The Labute approximate surface area is 123 Å². The molecule has 2 heterocycles. The minimum atomic E-state index is -0.323. The van der Waals surface area contributed by atoms with E-state index in [4.69, 9.17) is 9.47 Å². The van der Waals surface area contributed by atoms with Gasteiger partial charge in [-0.25, -0.2) is 4.79 Å². The zero-order valence-corrected chi connectivity index (χ0v) is 11.7. The Morgan fingerprint density at radius 1 is 1.38 bits per heavy atom. The molecule has 0 unspecified atom stereocenters. The molecule has 0 aromatic heterocycles. The number of nitrogens with one attached hydrogen (secondary N) is 1. The van der Waals surface area contributed by atoms with Gasteiger partial charge in [0.05, 0.1) is 12.6 Å². The predicted molar refractivity (Wildman–Crippen MR) is 74.5 cm³/mol. The summed E-state index contributed by atoms with van der Waals surface area (Å²) in [5.41, 5.74) is 0.963. The number of fused-ring (bicyclic) bond motifs is 1. The summed E-state index contributed by atoms with van der Waals surface area (Å²) in [6, 6.07) is 9.58. The SMILES string of the molecule is O=C1CN[C@@H]2CN(C(=O)OCc3ccccc3)CC[C@@H]2O1. The molecule has 112 valence electrons. The second-order valence-electron chi connectivity index (χ2n) is 5.29. The van der Waals surface area contributed by atoms with Crippen molar-refractivity contribution in [2.45, 2.75) is 25.2 Å². The van der Waals surface area contributed by atoms with E-state index in [-0.39, 0.29) is 37.4 Å². The summed E-state index contributed by atoms with van der Waals surface area (Å²) in [5.74, 6) is -0.226. The van der Waals surface area contributed by atoms with Gasteiger partial charge in [-0.3, -0.25) is 10.1 Å². The number of esters is 1. The highest BCUT2D eigenvalue weighted by Gasteiger charge is 2.37. The largest absolute Gasteiger partial charge is 0.460 e. The first-order valence-corrected chi connectivity index (χ1v) is 7.11. The Balaban J connectivity index is 1.51. The van der Waals surface area contributed by atoms with E-state index in [1.807, 2.05) is 30.3 Å². The lowest BCUT2D eigenvalue weighted by molar-refractivity contribution is -0.157. The van der Waals surface area contributed by atoms with Crippen LogP contribution in [-0.2, 0) is 20.9 Å². The lowest BCUT2D eigenvalue weighted by atomic mass is 10.0. The highest BCUT2D eigenvalue weighted by Crippen LogP contribution is 2.18. The standard InChI is InChI=1S/C15H18N2O4/c18-14-8-16-12-9-17(7-6-13(12)21-14)15(19)20-10-11-4-2-1-3-5-11/h1-5,12-13,16H,6-10H2/t12-,13+/m1/s1. The maximum absolute atomic E-state index is 12.1. The minimum absolute atomic E-state index is 0.000672. The van der Waals surface area contributed by atoms with Crippen LogP contribution in [0.1, 0.15) is 12.0 Å². The van der Waals surface area contributed by atoms with Crippen LogP contribution in [0.15, 0.2) is 30.3 Å². The Morgan fingerprint density at radius 2 is 2.19 bits per heavy atom. The second-order valence-corrected chi connectivity index (χ2v) is 5.29. The van der Waals surface area contributed by atoms with Crippen molar-refractivity contribution in [2.24, 2.45) is 0 Å². The van der Waals surface area contributed by atoms with Gasteiger partial charge in [-0.15, -0.1) is 0 Å². The molecule has 2 saturated heterocycles. The first-order chi connectivity index (χ1) is 10.2. The molecule has 6 heteroatoms. The van der Waals surface area contributed by atoms with Crippen molar-refractivity contribution in [2.75, 3.05) is 19.6 Å². The molecule has 21 heavy (non-hydrogen) atoms. The monoisotopic (exact) mass is 290 g/mol. The van der Waals surface area contributed by atoms with Crippen LogP contribution in [0.3, 0.4) is 0 Å². The fraction of sp³-hybridized carbons (Fsp3) is 0.467. The smallest absolute Gasteiger partial charge is 0.410 e. The van der Waals surface area contributed by atoms with Crippen molar-refractivity contribution in [1.29, 1.82) is 0 Å². The van der Waals surface area contributed by atoms with Crippen molar-refractivity contribution in [3.8, 4) is 0 Å². The van der Waals surface area contributed by atoms with Crippen LogP contribution in [0.4, 0.5) is 4.79 Å². The Morgan fingerprint density at radius 3 is 3.00 bits per heavy atom. The van der Waals surface area contributed by atoms with Crippen LogP contribution >= 0.6 is 0 Å². The van der Waals surface area contributed by atoms with E-state index in [0.29, 0.717) is 19.5 Å². The van der Waals surface area contributed by atoms with Crippen LogP contribution in [0.25, 0.3) is 0 Å². The first-order valence-electron chi connectivity index (χ1n) is 7.11. The van der Waals surface area contributed by atoms with Gasteiger partial charge >= 0.3 is 12.1 Å². The molecule has 3 rings (SSSR count). The van der Waals surface area contributed by atoms with E-state index < -0.39 is 0 Å². The number of carbonyl (C=O) groups excluding carboxylic acids is 2. The van der Waals surface area contributed by atoms with Gasteiger partial charge in [0.25, 0.3) is 0 Å². The van der Waals surface area contributed by atoms with Crippen molar-refractivity contribution >= 4 is 12.1 Å². The molecule has 6 nitrogen and oxygen atoms in total. The molecule has 0 aliphatic carbocycles. The Kier molecular flexibility index (Phi) is 4.06. The molecule has 2 fully saturated rings. The van der Waals surface area contributed by atoms with E-state index >= 15 is 0 Å². The number of likely N-dealkylation sites (tertiary alicyclic amines) is 1. The van der Waals surface area contributed by atoms with Gasteiger partial charge in [0, 0.05) is 19.5 Å². The molecule has 0 saturated carbocycles. The fourth-order valence-electron chi connectivity index (χ4n) is 2.67. The van der Waals surface area contributed by atoms with Crippen molar-refractivity contribution in [3.63, 3.8) is 0 Å². The molecule has 2 atom stereocenters. The van der Waals surface area contributed by atoms with Gasteiger partial charge in [-0.05, 0) is 5.56 Å². The molecule has 1 N–H and O–H groups in total. The fourth-order valence-corrected chi connectivity index (χ4v) is 2.67. The Hall–Kier alpha value is -2.08. The van der Waals surface area contributed by atoms with E-state index in [2.05, 4.69) is 5.32 Å². The minimum Gasteiger partial charge on any atom is -0.460 e. The zero-order valence-electron chi connectivity index (χ0n) is 11.7. The summed E-state index contributed by atoms with van der Waals surface area (Å²) in [6.45, 7) is 1.52. The van der Waals surface area contributed by atoms with Crippen molar-refractivity contribution in [1.82, 2.24) is 10.2 Å². The first kappa shape index (κ1) is 13.9. The van der Waals surface area contributed by atoms with Gasteiger partial charge in [0.1, 0.15) is 12.7 Å². The average Bonchev–Trinajstić information content (AvgIpc) is 2.53. The summed E-state index contributed by atoms with van der Waals surface area (Å²) >= 11 is 0. The normalized spacial score (nSPS) is 25.0. The van der Waals surface area contributed by atoms with Crippen LogP contribution in [0, 0.1) is 0 Å². The molecule has 0 spiro atoms. The summed E-state index contributed by atoms with van der Waals surface area (Å²) in [5, 5.41) is 3.11. The number of piperidine rings is 1. The number of amides is 1. The molecular formula is C15H18N2O4. The van der Waals surface area contributed by atoms with Crippen molar-refractivity contribution < 1.29 is 19.1 Å². The molecule has 2 aliphatic rings. The number of ether oxygens (including phenoxy) is 2. The molecule has 1 aromatic rings. The van der Waals surface area contributed by atoms with Crippen LogP contribution in [-0.4, -0.2) is 48.7 Å². The Bertz CT molecular complexity index is 520. The molecule has 1 amide bonds. The maximum atomic E-state index is 12.1. The molecule has 0 bridgehead atoms. The van der Waals surface area contributed by atoms with Crippen LogP contribution in [0.2, 0.25) is 0 Å². The number of morpholine rings is 1. The third-order valence-electron chi connectivity index (χ3n) is 3.80. The summed E-state index contributed by atoms with van der Waals surface area (Å²) in [6.07, 6.45) is 0.185. The van der Waals surface area contributed by atoms with Gasteiger partial charge in [0.2, 0.25) is 0 Å². The maximum Gasteiger partial charge on any atom is 0.410 e. The predicted octanol–water partition coefficient (Wildman–Crippen LogP) is 0.912. The summed E-state index contributed by atoms with van der Waals surface area (Å²) < 4.78 is 10.6. The van der Waals surface area contributed by atoms with Gasteiger partial charge < -0.3 is 14.4 Å². The number of hydrogen-bond acceptors (Lipinski definition) is 5. The highest BCUT2D eigenvalue weighted by atomic mass is 16.6. The van der Waals surface area contributed by atoms with Gasteiger partial charge in [0.15, 0.2) is 0 Å². The quantitative estimate of drug-likeness (QED) is 0.820. The zero-order chi connectivity index (χ0) is 14.7. The molecule has 0 radical (unpaired) electrons. The number of hydrogen-bond donors (Lipinski definition) is 1. The lowest BCUT2D eigenvalue weighted by Gasteiger charge is -2.40. The number of nitrogens with zero attached hydrogens (tertiary/aromatic N) is 1. The highest BCUT2D eigenvalue weighted by molar-refractivity contribution is 5.73. The lowest BCUT2D eigenvalue weighted by Crippen LogP contribution is -2.60. The number of benzene rings is 1. The van der Waals surface area contributed by atoms with E-state index in [1.165, 1.54) is 0 Å². The van der Waals surface area contributed by atoms with Crippen LogP contribution < -0.4 is 5.32 Å². The molecular weight excluding hydrogens is 272 g/mol. The summed E-state index contributed by atoms with van der Waals surface area (Å²) in [7, 11) is 0. The average molecular weight is 290 g/mol. The third kappa shape index (κ3) is 3.33. The van der Waals surface area contributed by atoms with Crippen LogP contribution in [0.5, 0.6) is 0 Å². The van der Waals surface area contributed by atoms with Gasteiger partial charge in [-0.1, -0.05) is 30.3 Å². The summed E-state index contributed by atoms with van der Waals surface area (Å²) in [4.78, 5) is 24.9. The second kappa shape index (κ2) is 6.13. The van der Waals surface area contributed by atoms with Crippen molar-refractivity contribution in [3.05, 3.63) is 35.9 Å². The number of rotatable bonds is 2. The van der Waals surface area contributed by atoms with E-state index in [9.17, 15) is 9.59 Å². The topological polar surface area (TPSA) is 67.9 Å². The molecule has 2 aliphatic heterocycles.